The molecule has 8 heteroatoms. The van der Waals surface area contributed by atoms with E-state index in [1.165, 1.54) is 0 Å². The first-order valence-corrected chi connectivity index (χ1v) is 19.0. The summed E-state index contributed by atoms with van der Waals surface area (Å²) in [7, 11) is -4.02. The summed E-state index contributed by atoms with van der Waals surface area (Å²) in [5.74, 6) is -0.440. The average molecular weight is 713 g/mol. The number of hydrogen-bond donors (Lipinski definition) is 1. The maximum atomic E-state index is 14.6. The molecular weight excluding hydrogens is 676 g/mol. The summed E-state index contributed by atoms with van der Waals surface area (Å²) in [5, 5.41) is 8.70. The summed E-state index contributed by atoms with van der Waals surface area (Å²) in [6.45, 7) is 2.05. The number of sulfonamides is 1. The molecule has 256 valence electrons. The molecule has 0 radical (unpaired) electrons. The average Bonchev–Trinajstić information content (AvgIpc) is 3.61. The van der Waals surface area contributed by atoms with Crippen LogP contribution in [0.1, 0.15) is 65.4 Å². The van der Waals surface area contributed by atoms with Gasteiger partial charge in [-0.05, 0) is 46.9 Å². The van der Waals surface area contributed by atoms with Crippen LogP contribution < -0.4 is 4.72 Å². The second-order valence-electron chi connectivity index (χ2n) is 12.7. The summed E-state index contributed by atoms with van der Waals surface area (Å²) in [5.41, 5.74) is 3.22. The number of hydrogen-bond acceptors (Lipinski definition) is 5. The quantitative estimate of drug-likeness (QED) is 0.0949. The molecule has 1 N–H and O–H groups in total. The maximum Gasteiger partial charge on any atom is 0.241 e. The molecule has 0 saturated heterocycles. The molecule has 7 rings (SSSR count). The van der Waals surface area contributed by atoms with Gasteiger partial charge in [-0.25, -0.2) is 13.1 Å². The monoisotopic (exact) mass is 712 g/mol. The highest BCUT2D eigenvalue weighted by atomic mass is 35.5. The van der Waals surface area contributed by atoms with Crippen LogP contribution in [0.5, 0.6) is 0 Å². The van der Waals surface area contributed by atoms with Gasteiger partial charge in [-0.15, -0.1) is 0 Å². The highest BCUT2D eigenvalue weighted by Crippen LogP contribution is 2.46. The number of halogens is 1. The molecule has 0 aliphatic rings. The molecule has 0 amide bonds. The predicted octanol–water partition coefficient (Wildman–Crippen LogP) is 10.7. The molecule has 0 unspecified atom stereocenters. The van der Waals surface area contributed by atoms with E-state index in [2.05, 4.69) is 4.72 Å². The van der Waals surface area contributed by atoms with E-state index in [1.807, 2.05) is 116 Å². The van der Waals surface area contributed by atoms with E-state index in [9.17, 15) is 13.2 Å². The number of nitrogens with zero attached hydrogens (tertiary/aromatic N) is 1. The van der Waals surface area contributed by atoms with Gasteiger partial charge in [0.25, 0.3) is 0 Å². The Balaban J connectivity index is 1.51. The normalized spacial score (nSPS) is 13.0. The molecule has 51 heavy (non-hydrogen) atoms. The second kappa shape index (κ2) is 15.0. The Hall–Kier alpha value is -5.08. The van der Waals surface area contributed by atoms with Crippen LogP contribution in [-0.4, -0.2) is 19.4 Å². The third kappa shape index (κ3) is 6.97. The number of fused-ring (bicyclic) bond motifs is 2. The highest BCUT2D eigenvalue weighted by molar-refractivity contribution is 7.89. The molecule has 0 bridgehead atoms. The molecule has 2 atom stereocenters. The topological polar surface area (TPSA) is 89.3 Å². The molecule has 0 saturated carbocycles. The molecular formula is C43H37ClN2O4S. The van der Waals surface area contributed by atoms with E-state index in [4.69, 9.17) is 21.3 Å². The lowest BCUT2D eigenvalue weighted by molar-refractivity contribution is 0.0977. The van der Waals surface area contributed by atoms with Crippen molar-refractivity contribution < 1.29 is 17.7 Å². The third-order valence-corrected chi connectivity index (χ3v) is 11.3. The van der Waals surface area contributed by atoms with E-state index < -0.39 is 22.0 Å². The van der Waals surface area contributed by atoms with Crippen molar-refractivity contribution in [2.45, 2.75) is 49.5 Å². The Morgan fingerprint density at radius 1 is 0.745 bits per heavy atom. The lowest BCUT2D eigenvalue weighted by atomic mass is 9.82. The van der Waals surface area contributed by atoms with Crippen LogP contribution >= 0.6 is 11.6 Å². The zero-order valence-corrected chi connectivity index (χ0v) is 29.7. The van der Waals surface area contributed by atoms with Gasteiger partial charge in [0.1, 0.15) is 5.69 Å². The number of Topliss-reactive ketones (excluding diaryl/α,β-unsaturated/α-hetero) is 1. The van der Waals surface area contributed by atoms with Gasteiger partial charge >= 0.3 is 0 Å². The standard InChI is InChI=1S/C43H37ClN2O4S/c1-2-3-27-37(47)39-42(38-32-23-13-15-25-34(32)40(44)35-26-16-14-24-33(35)38)45-50-43(39)36(28-29-17-7-4-8-18-29)41(30-19-9-5-10-20-30)46-51(48,49)31-21-11-6-12-22-31/h4-26,36,41,46H,2-3,27-28H2,1H3/t36-,41-/m0/s1. The van der Waals surface area contributed by atoms with E-state index in [-0.39, 0.29) is 17.1 Å². The van der Waals surface area contributed by atoms with Crippen molar-refractivity contribution in [3.63, 3.8) is 0 Å². The molecule has 0 aliphatic heterocycles. The summed E-state index contributed by atoms with van der Waals surface area (Å²) >= 11 is 7.00. The van der Waals surface area contributed by atoms with Crippen LogP contribution in [0.4, 0.5) is 0 Å². The Bertz CT molecular complexity index is 2360. The highest BCUT2D eigenvalue weighted by Gasteiger charge is 2.37. The first-order chi connectivity index (χ1) is 24.9. The first kappa shape index (κ1) is 34.4. The summed E-state index contributed by atoms with van der Waals surface area (Å²) in [4.78, 5) is 14.7. The smallest absolute Gasteiger partial charge is 0.241 e. The number of ketones is 1. The number of benzene rings is 6. The molecule has 7 aromatic rings. The number of carbonyl (C=O) groups is 1. The summed E-state index contributed by atoms with van der Waals surface area (Å²) in [6, 6.07) is 42.4. The van der Waals surface area contributed by atoms with Crippen LogP contribution in [0.25, 0.3) is 32.8 Å². The van der Waals surface area contributed by atoms with E-state index in [0.29, 0.717) is 34.9 Å². The Kier molecular flexibility index (Phi) is 10.1. The number of unbranched alkanes of at least 4 members (excludes halogenated alkanes) is 1. The molecule has 6 nitrogen and oxygen atoms in total. The van der Waals surface area contributed by atoms with E-state index >= 15 is 0 Å². The van der Waals surface area contributed by atoms with Gasteiger partial charge < -0.3 is 4.52 Å². The predicted molar refractivity (Wildman–Crippen MR) is 205 cm³/mol. The number of aromatic nitrogens is 1. The van der Waals surface area contributed by atoms with Crippen molar-refractivity contribution in [1.82, 2.24) is 9.88 Å². The lowest BCUT2D eigenvalue weighted by Gasteiger charge is -2.28. The third-order valence-electron chi connectivity index (χ3n) is 9.39. The number of rotatable bonds is 13. The fraction of sp³-hybridized carbons (Fsp3) is 0.163. The fourth-order valence-electron chi connectivity index (χ4n) is 6.90. The van der Waals surface area contributed by atoms with Gasteiger partial charge in [0.2, 0.25) is 10.0 Å². The minimum absolute atomic E-state index is 0.109. The zero-order chi connectivity index (χ0) is 35.4. The summed E-state index contributed by atoms with van der Waals surface area (Å²) < 4.78 is 37.6. The van der Waals surface area contributed by atoms with Crippen molar-refractivity contribution in [2.75, 3.05) is 0 Å². The SMILES string of the molecule is CCCCC(=O)c1c(-c2c3ccccc3c(Cl)c3ccccc23)noc1[C@@H](Cc1ccccc1)[C@@H](NS(=O)(=O)c1ccccc1)c1ccccc1. The largest absolute Gasteiger partial charge is 0.360 e. The Labute approximate surface area is 303 Å². The number of carbonyl (C=O) groups excluding carboxylic acids is 1. The molecule has 0 fully saturated rings. The maximum absolute atomic E-state index is 14.6. The lowest BCUT2D eigenvalue weighted by Crippen LogP contribution is -2.34. The van der Waals surface area contributed by atoms with Crippen LogP contribution in [0.3, 0.4) is 0 Å². The molecule has 1 heterocycles. The van der Waals surface area contributed by atoms with E-state index in [1.54, 1.807) is 30.3 Å². The molecule has 0 aliphatic carbocycles. The van der Waals surface area contributed by atoms with Crippen molar-refractivity contribution in [2.24, 2.45) is 0 Å². The van der Waals surface area contributed by atoms with Gasteiger partial charge in [0.15, 0.2) is 11.5 Å². The van der Waals surface area contributed by atoms with Crippen LogP contribution in [0, 0.1) is 0 Å². The van der Waals surface area contributed by atoms with Crippen LogP contribution in [0.2, 0.25) is 5.02 Å². The van der Waals surface area contributed by atoms with Gasteiger partial charge in [-0.1, -0.05) is 157 Å². The van der Waals surface area contributed by atoms with Crippen molar-refractivity contribution >= 4 is 49.0 Å². The first-order valence-electron chi connectivity index (χ1n) is 17.2. The van der Waals surface area contributed by atoms with E-state index in [0.717, 1.165) is 44.7 Å². The van der Waals surface area contributed by atoms with Crippen molar-refractivity contribution in [1.29, 1.82) is 0 Å². The minimum atomic E-state index is -4.02. The van der Waals surface area contributed by atoms with Crippen LogP contribution in [-0.2, 0) is 16.4 Å². The van der Waals surface area contributed by atoms with Crippen molar-refractivity contribution in [3.8, 4) is 11.3 Å². The molecule has 0 spiro atoms. The Morgan fingerprint density at radius 2 is 1.27 bits per heavy atom. The van der Waals surface area contributed by atoms with Gasteiger partial charge in [-0.3, -0.25) is 4.79 Å². The second-order valence-corrected chi connectivity index (χ2v) is 14.8. The summed E-state index contributed by atoms with van der Waals surface area (Å²) in [6.07, 6.45) is 2.15. The molecule has 1 aromatic heterocycles. The fourth-order valence-corrected chi connectivity index (χ4v) is 8.51. The van der Waals surface area contributed by atoms with Gasteiger partial charge in [-0.2, -0.15) is 0 Å². The minimum Gasteiger partial charge on any atom is -0.360 e. The van der Waals surface area contributed by atoms with Gasteiger partial charge in [0.05, 0.1) is 21.5 Å². The van der Waals surface area contributed by atoms with Gasteiger partial charge in [0, 0.05) is 28.7 Å². The van der Waals surface area contributed by atoms with Crippen LogP contribution in [0.15, 0.2) is 149 Å². The zero-order valence-electron chi connectivity index (χ0n) is 28.1. The Morgan fingerprint density at radius 3 is 1.86 bits per heavy atom. The van der Waals surface area contributed by atoms with Crippen molar-refractivity contribution in [3.05, 3.63) is 167 Å². The molecule has 6 aromatic carbocycles. The number of nitrogens with one attached hydrogen (secondary N) is 1.